The molecule has 1 aliphatic carbocycles. The van der Waals surface area contributed by atoms with E-state index in [4.69, 9.17) is 0 Å². The minimum absolute atomic E-state index is 0.535. The first-order valence-electron chi connectivity index (χ1n) is 6.53. The molecule has 0 saturated heterocycles. The highest BCUT2D eigenvalue weighted by atomic mass is 14.9. The quantitative estimate of drug-likeness (QED) is 0.792. The van der Waals surface area contributed by atoms with Crippen LogP contribution in [-0.2, 0) is 0 Å². The molecule has 0 aliphatic heterocycles. The van der Waals surface area contributed by atoms with Crippen LogP contribution in [-0.4, -0.2) is 11.5 Å². The van der Waals surface area contributed by atoms with Crippen LogP contribution < -0.4 is 5.32 Å². The van der Waals surface area contributed by atoms with Gasteiger partial charge < -0.3 is 5.32 Å². The number of hydrogen-bond donors (Lipinski definition) is 1. The van der Waals surface area contributed by atoms with Gasteiger partial charge in [0.1, 0.15) is 0 Å². The zero-order chi connectivity index (χ0) is 11.2. The Bertz CT molecular complexity index is 293. The van der Waals surface area contributed by atoms with Gasteiger partial charge in [-0.15, -0.1) is 0 Å². The second kappa shape index (κ2) is 6.00. The molecule has 0 spiro atoms. The Kier molecular flexibility index (Phi) is 4.34. The van der Waals surface area contributed by atoms with Crippen LogP contribution in [0.15, 0.2) is 24.5 Å². The van der Waals surface area contributed by atoms with Crippen molar-refractivity contribution in [2.45, 2.75) is 45.1 Å². The van der Waals surface area contributed by atoms with E-state index in [-0.39, 0.29) is 0 Å². The summed E-state index contributed by atoms with van der Waals surface area (Å²) >= 11 is 0. The highest BCUT2D eigenvalue weighted by Gasteiger charge is 2.22. The average Bonchev–Trinajstić information content (AvgIpc) is 2.28. The van der Waals surface area contributed by atoms with Crippen molar-refractivity contribution in [3.63, 3.8) is 0 Å². The fourth-order valence-corrected chi connectivity index (χ4v) is 2.31. The Balaban J connectivity index is 1.95. The molecule has 0 bridgehead atoms. The Labute approximate surface area is 98.5 Å². The molecule has 1 saturated carbocycles. The molecule has 1 aromatic heterocycles. The van der Waals surface area contributed by atoms with Gasteiger partial charge in [-0.25, -0.2) is 0 Å². The predicted octanol–water partition coefficient (Wildman–Crippen LogP) is 3.31. The molecule has 1 N–H and O–H groups in total. The van der Waals surface area contributed by atoms with Gasteiger partial charge in [0.25, 0.3) is 0 Å². The van der Waals surface area contributed by atoms with E-state index in [0.29, 0.717) is 6.04 Å². The molecule has 1 atom stereocenters. The van der Waals surface area contributed by atoms with Crippen molar-refractivity contribution in [2.75, 3.05) is 6.54 Å². The molecule has 1 unspecified atom stereocenters. The summed E-state index contributed by atoms with van der Waals surface area (Å²) in [7, 11) is 0. The molecular formula is C14H22N2. The fourth-order valence-electron chi connectivity index (χ4n) is 2.31. The number of pyridine rings is 1. The van der Waals surface area contributed by atoms with E-state index in [1.807, 2.05) is 12.4 Å². The van der Waals surface area contributed by atoms with Gasteiger partial charge >= 0.3 is 0 Å². The van der Waals surface area contributed by atoms with Crippen molar-refractivity contribution < 1.29 is 0 Å². The highest BCUT2D eigenvalue weighted by molar-refractivity contribution is 5.15. The van der Waals surface area contributed by atoms with Crippen LogP contribution >= 0.6 is 0 Å². The summed E-state index contributed by atoms with van der Waals surface area (Å²) in [4.78, 5) is 4.09. The third-order valence-corrected chi connectivity index (χ3v) is 3.54. The van der Waals surface area contributed by atoms with Gasteiger partial charge in [-0.2, -0.15) is 0 Å². The Morgan fingerprint density at radius 1 is 1.38 bits per heavy atom. The predicted molar refractivity (Wildman–Crippen MR) is 67.2 cm³/mol. The van der Waals surface area contributed by atoms with Gasteiger partial charge in [0.2, 0.25) is 0 Å². The van der Waals surface area contributed by atoms with Crippen LogP contribution in [0.3, 0.4) is 0 Å². The van der Waals surface area contributed by atoms with E-state index in [0.717, 1.165) is 12.5 Å². The minimum atomic E-state index is 0.535. The first-order chi connectivity index (χ1) is 7.90. The van der Waals surface area contributed by atoms with E-state index < -0.39 is 0 Å². The van der Waals surface area contributed by atoms with Gasteiger partial charge in [-0.05, 0) is 43.0 Å². The smallest absolute Gasteiger partial charge is 0.0324 e. The molecule has 0 amide bonds. The molecule has 1 heterocycles. The molecule has 2 rings (SSSR count). The normalized spacial score (nSPS) is 18.1. The van der Waals surface area contributed by atoms with E-state index in [1.165, 1.54) is 37.7 Å². The van der Waals surface area contributed by atoms with Gasteiger partial charge in [-0.1, -0.05) is 26.2 Å². The fraction of sp³-hybridized carbons (Fsp3) is 0.643. The zero-order valence-corrected chi connectivity index (χ0v) is 10.2. The molecule has 2 nitrogen and oxygen atoms in total. The first kappa shape index (κ1) is 11.6. The number of hydrogen-bond acceptors (Lipinski definition) is 2. The largest absolute Gasteiger partial charge is 0.310 e. The molecule has 16 heavy (non-hydrogen) atoms. The summed E-state index contributed by atoms with van der Waals surface area (Å²) in [5.74, 6) is 0.947. The lowest BCUT2D eigenvalue weighted by molar-refractivity contribution is 0.261. The molecule has 0 radical (unpaired) electrons. The van der Waals surface area contributed by atoms with Crippen molar-refractivity contribution in [1.29, 1.82) is 0 Å². The third kappa shape index (κ3) is 3.05. The maximum Gasteiger partial charge on any atom is 0.0324 e. The van der Waals surface area contributed by atoms with Crippen LogP contribution in [0.4, 0.5) is 0 Å². The van der Waals surface area contributed by atoms with Crippen LogP contribution in [0.2, 0.25) is 0 Å². The van der Waals surface area contributed by atoms with Crippen LogP contribution in [0.25, 0.3) is 0 Å². The summed E-state index contributed by atoms with van der Waals surface area (Å²) in [6.45, 7) is 3.33. The minimum Gasteiger partial charge on any atom is -0.310 e. The summed E-state index contributed by atoms with van der Waals surface area (Å²) in [6, 6.07) is 4.83. The van der Waals surface area contributed by atoms with Crippen molar-refractivity contribution in [3.8, 4) is 0 Å². The number of nitrogens with one attached hydrogen (secondary N) is 1. The summed E-state index contributed by atoms with van der Waals surface area (Å²) < 4.78 is 0. The monoisotopic (exact) mass is 218 g/mol. The zero-order valence-electron chi connectivity index (χ0n) is 10.2. The number of nitrogens with zero attached hydrogens (tertiary/aromatic N) is 1. The lowest BCUT2D eigenvalue weighted by Crippen LogP contribution is -2.26. The van der Waals surface area contributed by atoms with E-state index in [1.54, 1.807) is 0 Å². The summed E-state index contributed by atoms with van der Waals surface area (Å²) in [6.07, 6.45) is 10.6. The van der Waals surface area contributed by atoms with Gasteiger partial charge in [-0.3, -0.25) is 4.98 Å². The number of rotatable bonds is 6. The SMILES string of the molecule is CCCNC(CC1CCC1)c1ccncc1. The molecule has 0 aromatic carbocycles. The second-order valence-electron chi connectivity index (χ2n) is 4.82. The molecule has 1 aliphatic rings. The summed E-state index contributed by atoms with van der Waals surface area (Å²) in [5, 5.41) is 3.66. The Hall–Kier alpha value is -0.890. The summed E-state index contributed by atoms with van der Waals surface area (Å²) in [5.41, 5.74) is 1.40. The standard InChI is InChI=1S/C14H22N2/c1-2-8-16-14(11-12-4-3-5-12)13-6-9-15-10-7-13/h6-7,9-10,12,14,16H,2-5,8,11H2,1H3. The van der Waals surface area contributed by atoms with Crippen molar-refractivity contribution in [3.05, 3.63) is 30.1 Å². The van der Waals surface area contributed by atoms with E-state index in [2.05, 4.69) is 29.4 Å². The highest BCUT2D eigenvalue weighted by Crippen LogP contribution is 2.34. The third-order valence-electron chi connectivity index (χ3n) is 3.54. The number of aromatic nitrogens is 1. The molecule has 1 fully saturated rings. The lowest BCUT2D eigenvalue weighted by atomic mass is 9.79. The first-order valence-corrected chi connectivity index (χ1v) is 6.53. The van der Waals surface area contributed by atoms with Gasteiger partial charge in [0, 0.05) is 18.4 Å². The van der Waals surface area contributed by atoms with Crippen molar-refractivity contribution in [2.24, 2.45) is 5.92 Å². The van der Waals surface area contributed by atoms with Gasteiger partial charge in [0.05, 0.1) is 0 Å². The maximum absolute atomic E-state index is 4.09. The van der Waals surface area contributed by atoms with Crippen LogP contribution in [0, 0.1) is 5.92 Å². The van der Waals surface area contributed by atoms with E-state index >= 15 is 0 Å². The second-order valence-corrected chi connectivity index (χ2v) is 4.82. The molecule has 88 valence electrons. The van der Waals surface area contributed by atoms with Crippen molar-refractivity contribution in [1.82, 2.24) is 10.3 Å². The van der Waals surface area contributed by atoms with E-state index in [9.17, 15) is 0 Å². The Morgan fingerprint density at radius 3 is 2.69 bits per heavy atom. The van der Waals surface area contributed by atoms with Crippen LogP contribution in [0.5, 0.6) is 0 Å². The molecule has 1 aromatic rings. The van der Waals surface area contributed by atoms with Crippen LogP contribution in [0.1, 0.15) is 50.6 Å². The average molecular weight is 218 g/mol. The van der Waals surface area contributed by atoms with Gasteiger partial charge in [0.15, 0.2) is 0 Å². The topological polar surface area (TPSA) is 24.9 Å². The molecule has 2 heteroatoms. The molecular weight excluding hydrogens is 196 g/mol. The Morgan fingerprint density at radius 2 is 2.12 bits per heavy atom. The van der Waals surface area contributed by atoms with Crippen molar-refractivity contribution >= 4 is 0 Å². The lowest BCUT2D eigenvalue weighted by Gasteiger charge is -2.30. The maximum atomic E-state index is 4.09.